The van der Waals surface area contributed by atoms with Gasteiger partial charge in [-0.05, 0) is 19.1 Å². The quantitative estimate of drug-likeness (QED) is 0.569. The molecule has 1 aliphatic heterocycles. The molecule has 0 unspecified atom stereocenters. The van der Waals surface area contributed by atoms with Gasteiger partial charge in [0, 0.05) is 0 Å². The third-order valence-electron chi connectivity index (χ3n) is 3.23. The molecule has 0 bridgehead atoms. The third-order valence-corrected chi connectivity index (χ3v) is 3.23. The largest absolute Gasteiger partial charge is 0.452 e. The van der Waals surface area contributed by atoms with Crippen molar-refractivity contribution in [1.82, 2.24) is 0 Å². The van der Waals surface area contributed by atoms with Crippen molar-refractivity contribution in [2.75, 3.05) is 5.32 Å². The van der Waals surface area contributed by atoms with E-state index in [0.29, 0.717) is 11.4 Å². The van der Waals surface area contributed by atoms with E-state index in [1.165, 1.54) is 6.92 Å². The highest BCUT2D eigenvalue weighted by atomic mass is 16.6. The first-order valence-electron chi connectivity index (χ1n) is 5.99. The van der Waals surface area contributed by atoms with Gasteiger partial charge in [-0.15, -0.1) is 0 Å². The lowest BCUT2D eigenvalue weighted by Crippen LogP contribution is -2.08. The van der Waals surface area contributed by atoms with Crippen molar-refractivity contribution in [2.45, 2.75) is 6.92 Å². The minimum Gasteiger partial charge on any atom is -0.452 e. The number of benzene rings is 2. The number of rotatable bonds is 2. The molecule has 0 aromatic heterocycles. The average Bonchev–Trinajstić information content (AvgIpc) is 2.45. The number of hydrogen-bond donors (Lipinski definition) is 1. The van der Waals surface area contributed by atoms with Gasteiger partial charge in [0.15, 0.2) is 17.2 Å². The molecule has 1 N–H and O–H groups in total. The Kier molecular flexibility index (Phi) is 2.72. The second-order valence-electron chi connectivity index (χ2n) is 4.48. The van der Waals surface area contributed by atoms with Gasteiger partial charge in [0.25, 0.3) is 5.69 Å². The van der Waals surface area contributed by atoms with E-state index in [9.17, 15) is 20.2 Å². The molecule has 0 aliphatic carbocycles. The molecule has 0 saturated carbocycles. The predicted octanol–water partition coefficient (Wildman–Crippen LogP) is 3.66. The zero-order chi connectivity index (χ0) is 15.1. The zero-order valence-electron chi connectivity index (χ0n) is 10.8. The number of nitro benzene ring substituents is 2. The Morgan fingerprint density at radius 1 is 1.10 bits per heavy atom. The van der Waals surface area contributed by atoms with Crippen LogP contribution in [-0.4, -0.2) is 9.85 Å². The van der Waals surface area contributed by atoms with Crippen molar-refractivity contribution in [3.8, 4) is 11.5 Å². The number of fused-ring (bicyclic) bond motifs is 2. The summed E-state index contributed by atoms with van der Waals surface area (Å²) >= 11 is 0. The number of nitrogens with one attached hydrogen (secondary N) is 1. The van der Waals surface area contributed by atoms with Crippen molar-refractivity contribution in [1.29, 1.82) is 0 Å². The van der Waals surface area contributed by atoms with Gasteiger partial charge < -0.3 is 10.1 Å². The second-order valence-corrected chi connectivity index (χ2v) is 4.48. The minimum absolute atomic E-state index is 0.106. The fourth-order valence-corrected chi connectivity index (χ4v) is 2.22. The average molecular weight is 287 g/mol. The highest BCUT2D eigenvalue weighted by Gasteiger charge is 2.32. The predicted molar refractivity (Wildman–Crippen MR) is 74.3 cm³/mol. The number of anilines is 2. The smallest absolute Gasteiger partial charge is 0.303 e. The summed E-state index contributed by atoms with van der Waals surface area (Å²) in [5, 5.41) is 25.1. The Morgan fingerprint density at radius 2 is 1.76 bits per heavy atom. The summed E-state index contributed by atoms with van der Waals surface area (Å²) in [5.74, 6) is 0.567. The van der Waals surface area contributed by atoms with Gasteiger partial charge in [0.2, 0.25) is 0 Å². The molecule has 2 aromatic rings. The van der Waals surface area contributed by atoms with Crippen LogP contribution in [0, 0.1) is 27.2 Å². The van der Waals surface area contributed by atoms with E-state index in [1.807, 2.05) is 0 Å². The molecule has 3 rings (SSSR count). The summed E-state index contributed by atoms with van der Waals surface area (Å²) in [4.78, 5) is 20.9. The van der Waals surface area contributed by atoms with E-state index >= 15 is 0 Å². The van der Waals surface area contributed by atoms with E-state index in [1.54, 1.807) is 24.3 Å². The first kappa shape index (κ1) is 12.9. The van der Waals surface area contributed by atoms with Gasteiger partial charge >= 0.3 is 5.69 Å². The number of ether oxygens (including phenoxy) is 1. The number of hydrogen-bond acceptors (Lipinski definition) is 6. The van der Waals surface area contributed by atoms with Crippen LogP contribution in [0.5, 0.6) is 11.5 Å². The van der Waals surface area contributed by atoms with Crippen LogP contribution in [-0.2, 0) is 0 Å². The Bertz CT molecular complexity index is 788. The summed E-state index contributed by atoms with van der Waals surface area (Å²) in [6.07, 6.45) is 0. The van der Waals surface area contributed by atoms with Crippen molar-refractivity contribution in [2.24, 2.45) is 0 Å². The van der Waals surface area contributed by atoms with Crippen LogP contribution in [0.25, 0.3) is 0 Å². The summed E-state index contributed by atoms with van der Waals surface area (Å²) in [6.45, 7) is 1.50. The molecule has 21 heavy (non-hydrogen) atoms. The van der Waals surface area contributed by atoms with Gasteiger partial charge in [-0.1, -0.05) is 12.1 Å². The third kappa shape index (κ3) is 1.93. The normalized spacial score (nSPS) is 11.7. The summed E-state index contributed by atoms with van der Waals surface area (Å²) in [7, 11) is 0. The van der Waals surface area contributed by atoms with Gasteiger partial charge in [0.1, 0.15) is 0 Å². The van der Waals surface area contributed by atoms with Crippen LogP contribution in [0.15, 0.2) is 30.3 Å². The van der Waals surface area contributed by atoms with Gasteiger partial charge in [-0.25, -0.2) is 0 Å². The first-order chi connectivity index (χ1) is 9.99. The Hall–Kier alpha value is -3.16. The van der Waals surface area contributed by atoms with Gasteiger partial charge in [0.05, 0.1) is 27.2 Å². The molecule has 0 radical (unpaired) electrons. The van der Waals surface area contributed by atoms with E-state index in [4.69, 9.17) is 4.74 Å². The SMILES string of the molecule is Cc1c([N+](=O)[O-])cc([N+](=O)[O-])c2c1Oc1ccccc1N2. The molecule has 1 heterocycles. The molecular formula is C13H9N3O5. The molecular weight excluding hydrogens is 278 g/mol. The van der Waals surface area contributed by atoms with Crippen LogP contribution in [0.3, 0.4) is 0 Å². The topological polar surface area (TPSA) is 108 Å². The van der Waals surface area contributed by atoms with Gasteiger partial charge in [-0.2, -0.15) is 0 Å². The molecule has 0 amide bonds. The van der Waals surface area contributed by atoms with Crippen molar-refractivity contribution in [3.05, 3.63) is 56.1 Å². The molecule has 8 heteroatoms. The molecule has 1 aliphatic rings. The molecule has 0 saturated heterocycles. The number of para-hydroxylation sites is 2. The van der Waals surface area contributed by atoms with E-state index in [2.05, 4.69) is 5.32 Å². The number of nitro groups is 2. The summed E-state index contributed by atoms with van der Waals surface area (Å²) < 4.78 is 5.62. The molecule has 0 atom stereocenters. The standard InChI is InChI=1S/C13H9N3O5/c1-7-9(15(17)18)6-10(16(19)20)12-13(7)21-11-5-3-2-4-8(11)14-12/h2-6,14H,1H3. The maximum Gasteiger partial charge on any atom is 0.303 e. The van der Waals surface area contributed by atoms with Crippen molar-refractivity contribution >= 4 is 22.7 Å². The maximum atomic E-state index is 11.2. The fourth-order valence-electron chi connectivity index (χ4n) is 2.22. The van der Waals surface area contributed by atoms with Gasteiger partial charge in [-0.3, -0.25) is 20.2 Å². The lowest BCUT2D eigenvalue weighted by molar-refractivity contribution is -0.394. The zero-order valence-corrected chi connectivity index (χ0v) is 10.8. The maximum absolute atomic E-state index is 11.2. The van der Waals surface area contributed by atoms with Crippen LogP contribution < -0.4 is 10.1 Å². The highest BCUT2D eigenvalue weighted by Crippen LogP contribution is 2.50. The molecule has 8 nitrogen and oxygen atoms in total. The van der Waals surface area contributed by atoms with Crippen LogP contribution in [0.2, 0.25) is 0 Å². The highest BCUT2D eigenvalue weighted by molar-refractivity contribution is 5.85. The van der Waals surface area contributed by atoms with E-state index < -0.39 is 15.5 Å². The molecule has 0 fully saturated rings. The Balaban J connectivity index is 2.27. The van der Waals surface area contributed by atoms with Crippen molar-refractivity contribution in [3.63, 3.8) is 0 Å². The van der Waals surface area contributed by atoms with E-state index in [-0.39, 0.29) is 22.7 Å². The molecule has 106 valence electrons. The molecule has 0 spiro atoms. The second kappa shape index (κ2) is 4.44. The lowest BCUT2D eigenvalue weighted by atomic mass is 10.1. The van der Waals surface area contributed by atoms with E-state index in [0.717, 1.165) is 6.07 Å². The number of nitrogens with zero attached hydrogens (tertiary/aromatic N) is 2. The van der Waals surface area contributed by atoms with Crippen LogP contribution in [0.1, 0.15) is 5.56 Å². The summed E-state index contributed by atoms with van der Waals surface area (Å²) in [6, 6.07) is 7.82. The van der Waals surface area contributed by atoms with Crippen LogP contribution in [0.4, 0.5) is 22.7 Å². The Labute approximate surface area is 118 Å². The first-order valence-corrected chi connectivity index (χ1v) is 5.99. The molecule has 2 aromatic carbocycles. The Morgan fingerprint density at radius 3 is 2.43 bits per heavy atom. The lowest BCUT2D eigenvalue weighted by Gasteiger charge is -2.22. The van der Waals surface area contributed by atoms with Crippen LogP contribution >= 0.6 is 0 Å². The minimum atomic E-state index is -0.671. The van der Waals surface area contributed by atoms with Crippen molar-refractivity contribution < 1.29 is 14.6 Å². The summed E-state index contributed by atoms with van der Waals surface area (Å²) in [5.41, 5.74) is 0.198. The fraction of sp³-hybridized carbons (Fsp3) is 0.0769. The monoisotopic (exact) mass is 287 g/mol.